The Bertz CT molecular complexity index is 812. The third-order valence-electron chi connectivity index (χ3n) is 3.74. The van der Waals surface area contributed by atoms with E-state index in [0.29, 0.717) is 29.4 Å². The minimum atomic E-state index is -0.519. The Morgan fingerprint density at radius 2 is 1.61 bits per heavy atom. The molecular weight excluding hydrogens is 362 g/mol. The van der Waals surface area contributed by atoms with Crippen molar-refractivity contribution in [3.05, 3.63) is 53.6 Å². The molecule has 0 saturated carbocycles. The number of hydrazone groups is 1. The highest BCUT2D eigenvalue weighted by Gasteiger charge is 2.12. The molecule has 0 spiro atoms. The minimum absolute atomic E-state index is 0.320. The first-order chi connectivity index (χ1) is 13.6. The molecule has 28 heavy (non-hydrogen) atoms. The SMILES string of the molecule is COc1cc(/C=N/NC(=O)CC(=O)NCc2ccccc2)cc(OC)c1OC. The van der Waals surface area contributed by atoms with Crippen molar-refractivity contribution in [1.29, 1.82) is 0 Å². The predicted octanol–water partition coefficient (Wildman–Crippen LogP) is 1.87. The quantitative estimate of drug-likeness (QED) is 0.390. The van der Waals surface area contributed by atoms with Gasteiger partial charge in [-0.15, -0.1) is 0 Å². The van der Waals surface area contributed by atoms with Crippen LogP contribution in [-0.2, 0) is 16.1 Å². The molecule has 0 aromatic heterocycles. The van der Waals surface area contributed by atoms with Crippen molar-refractivity contribution >= 4 is 18.0 Å². The van der Waals surface area contributed by atoms with Crippen LogP contribution in [0.3, 0.4) is 0 Å². The average molecular weight is 385 g/mol. The standard InChI is InChI=1S/C20H23N3O5/c1-26-16-9-15(10-17(27-2)20(16)28-3)13-22-23-19(25)11-18(24)21-12-14-7-5-4-6-8-14/h4-10,13H,11-12H2,1-3H3,(H,21,24)(H,23,25)/b22-13+. The summed E-state index contributed by atoms with van der Waals surface area (Å²) in [5, 5.41) is 6.54. The number of carbonyl (C=O) groups excluding carboxylic acids is 2. The molecule has 8 nitrogen and oxygen atoms in total. The fourth-order valence-electron chi connectivity index (χ4n) is 2.40. The number of hydrogen-bond donors (Lipinski definition) is 2. The largest absolute Gasteiger partial charge is 0.493 e. The fourth-order valence-corrected chi connectivity index (χ4v) is 2.40. The fraction of sp³-hybridized carbons (Fsp3) is 0.250. The molecule has 2 rings (SSSR count). The molecule has 148 valence electrons. The maximum atomic E-state index is 11.8. The Morgan fingerprint density at radius 3 is 2.18 bits per heavy atom. The zero-order valence-corrected chi connectivity index (χ0v) is 16.0. The van der Waals surface area contributed by atoms with Gasteiger partial charge in [-0.25, -0.2) is 5.43 Å². The van der Waals surface area contributed by atoms with E-state index in [-0.39, 0.29) is 12.3 Å². The van der Waals surface area contributed by atoms with Crippen LogP contribution >= 0.6 is 0 Å². The van der Waals surface area contributed by atoms with E-state index in [1.54, 1.807) is 12.1 Å². The molecule has 0 heterocycles. The minimum Gasteiger partial charge on any atom is -0.493 e. The monoisotopic (exact) mass is 385 g/mol. The summed E-state index contributed by atoms with van der Waals surface area (Å²) < 4.78 is 15.8. The van der Waals surface area contributed by atoms with Crippen LogP contribution in [0.2, 0.25) is 0 Å². The van der Waals surface area contributed by atoms with Gasteiger partial charge in [0.15, 0.2) is 11.5 Å². The predicted molar refractivity (Wildman–Crippen MR) is 105 cm³/mol. The third kappa shape index (κ3) is 6.01. The molecule has 2 aromatic carbocycles. The van der Waals surface area contributed by atoms with Crippen LogP contribution in [0.4, 0.5) is 0 Å². The van der Waals surface area contributed by atoms with Crippen LogP contribution in [0.25, 0.3) is 0 Å². The van der Waals surface area contributed by atoms with E-state index in [1.165, 1.54) is 27.5 Å². The summed E-state index contributed by atoms with van der Waals surface area (Å²) in [6.07, 6.45) is 1.10. The van der Waals surface area contributed by atoms with Gasteiger partial charge in [0.25, 0.3) is 0 Å². The number of ether oxygens (including phenoxy) is 3. The highest BCUT2D eigenvalue weighted by Crippen LogP contribution is 2.37. The molecular formula is C20H23N3O5. The van der Waals surface area contributed by atoms with Crippen molar-refractivity contribution in [2.75, 3.05) is 21.3 Å². The van der Waals surface area contributed by atoms with E-state index < -0.39 is 5.91 Å². The number of nitrogens with zero attached hydrogens (tertiary/aromatic N) is 1. The number of benzene rings is 2. The van der Waals surface area contributed by atoms with Crippen molar-refractivity contribution in [3.8, 4) is 17.2 Å². The van der Waals surface area contributed by atoms with Gasteiger partial charge in [0.1, 0.15) is 6.42 Å². The van der Waals surface area contributed by atoms with Crippen LogP contribution in [0.15, 0.2) is 47.6 Å². The van der Waals surface area contributed by atoms with Gasteiger partial charge in [0, 0.05) is 12.1 Å². The third-order valence-corrected chi connectivity index (χ3v) is 3.74. The number of hydrogen-bond acceptors (Lipinski definition) is 6. The molecule has 0 saturated heterocycles. The summed E-state index contributed by atoms with van der Waals surface area (Å²) in [5.41, 5.74) is 3.90. The topological polar surface area (TPSA) is 98.2 Å². The molecule has 0 aliphatic rings. The molecule has 0 bridgehead atoms. The Kier molecular flexibility index (Phi) is 7.83. The highest BCUT2D eigenvalue weighted by molar-refractivity contribution is 5.97. The summed E-state index contributed by atoms with van der Waals surface area (Å²) in [6.45, 7) is 0.363. The van der Waals surface area contributed by atoms with Gasteiger partial charge in [-0.2, -0.15) is 5.10 Å². The second-order valence-corrected chi connectivity index (χ2v) is 5.69. The zero-order chi connectivity index (χ0) is 20.4. The molecule has 0 atom stereocenters. The first-order valence-corrected chi connectivity index (χ1v) is 8.50. The zero-order valence-electron chi connectivity index (χ0n) is 16.0. The van der Waals surface area contributed by atoms with E-state index in [9.17, 15) is 9.59 Å². The van der Waals surface area contributed by atoms with Crippen molar-refractivity contribution < 1.29 is 23.8 Å². The van der Waals surface area contributed by atoms with Crippen molar-refractivity contribution in [2.45, 2.75) is 13.0 Å². The van der Waals surface area contributed by atoms with Gasteiger partial charge in [-0.05, 0) is 17.7 Å². The number of rotatable bonds is 9. The van der Waals surface area contributed by atoms with Crippen LogP contribution in [0.1, 0.15) is 17.5 Å². The molecule has 0 aliphatic heterocycles. The van der Waals surface area contributed by atoms with Gasteiger partial charge in [0.05, 0.1) is 27.5 Å². The smallest absolute Gasteiger partial charge is 0.249 e. The van der Waals surface area contributed by atoms with E-state index in [4.69, 9.17) is 14.2 Å². The first kappa shape index (κ1) is 20.8. The number of amides is 2. The van der Waals surface area contributed by atoms with Crippen molar-refractivity contribution in [3.63, 3.8) is 0 Å². The van der Waals surface area contributed by atoms with E-state index in [2.05, 4.69) is 15.8 Å². The summed E-state index contributed by atoms with van der Waals surface area (Å²) in [5.74, 6) is 0.490. The van der Waals surface area contributed by atoms with Gasteiger partial charge in [-0.1, -0.05) is 30.3 Å². The van der Waals surface area contributed by atoms with E-state index in [0.717, 1.165) is 5.56 Å². The summed E-state index contributed by atoms with van der Waals surface area (Å²) in [6, 6.07) is 12.8. The first-order valence-electron chi connectivity index (χ1n) is 8.50. The summed E-state index contributed by atoms with van der Waals surface area (Å²) >= 11 is 0. The second kappa shape index (κ2) is 10.6. The molecule has 2 aromatic rings. The lowest BCUT2D eigenvalue weighted by atomic mass is 10.2. The molecule has 0 radical (unpaired) electrons. The Balaban J connectivity index is 1.88. The van der Waals surface area contributed by atoms with Gasteiger partial charge in [0.2, 0.25) is 17.6 Å². The van der Waals surface area contributed by atoms with Crippen LogP contribution in [0, 0.1) is 0 Å². The Hall–Kier alpha value is -3.55. The number of methoxy groups -OCH3 is 3. The molecule has 0 fully saturated rings. The molecule has 2 amide bonds. The number of carbonyl (C=O) groups is 2. The highest BCUT2D eigenvalue weighted by atomic mass is 16.5. The molecule has 8 heteroatoms. The van der Waals surface area contributed by atoms with Gasteiger partial charge in [-0.3, -0.25) is 9.59 Å². The summed E-state index contributed by atoms with van der Waals surface area (Å²) in [7, 11) is 4.53. The maximum Gasteiger partial charge on any atom is 0.249 e. The van der Waals surface area contributed by atoms with E-state index >= 15 is 0 Å². The average Bonchev–Trinajstić information content (AvgIpc) is 2.72. The lowest BCUT2D eigenvalue weighted by Gasteiger charge is -2.12. The Morgan fingerprint density at radius 1 is 0.964 bits per heavy atom. The van der Waals surface area contributed by atoms with Crippen LogP contribution < -0.4 is 25.0 Å². The Labute approximate surface area is 163 Å². The molecule has 2 N–H and O–H groups in total. The number of nitrogens with one attached hydrogen (secondary N) is 2. The van der Waals surface area contributed by atoms with Crippen molar-refractivity contribution in [2.24, 2.45) is 5.10 Å². The molecule has 0 unspecified atom stereocenters. The van der Waals surface area contributed by atoms with Crippen molar-refractivity contribution in [1.82, 2.24) is 10.7 Å². The van der Waals surface area contributed by atoms with Crippen LogP contribution in [0.5, 0.6) is 17.2 Å². The lowest BCUT2D eigenvalue weighted by molar-refractivity contribution is -0.129. The van der Waals surface area contributed by atoms with E-state index in [1.807, 2.05) is 30.3 Å². The summed E-state index contributed by atoms with van der Waals surface area (Å²) in [4.78, 5) is 23.7. The lowest BCUT2D eigenvalue weighted by Crippen LogP contribution is -2.29. The maximum absolute atomic E-state index is 11.8. The normalized spacial score (nSPS) is 10.4. The second-order valence-electron chi connectivity index (χ2n) is 5.69. The van der Waals surface area contributed by atoms with Gasteiger partial charge >= 0.3 is 0 Å². The molecule has 0 aliphatic carbocycles. The van der Waals surface area contributed by atoms with Gasteiger partial charge < -0.3 is 19.5 Å². The van der Waals surface area contributed by atoms with Crippen LogP contribution in [-0.4, -0.2) is 39.4 Å².